The van der Waals surface area contributed by atoms with Gasteiger partial charge in [-0.2, -0.15) is 0 Å². The molecule has 4 rings (SSSR count). The summed E-state index contributed by atoms with van der Waals surface area (Å²) in [6.45, 7) is 9.46. The average molecular weight is 454 g/mol. The maximum absolute atomic E-state index is 12.4. The molecular formula is C24H31N5O2S. The normalized spacial score (nSPS) is 16.2. The van der Waals surface area contributed by atoms with Crippen LogP contribution in [0.25, 0.3) is 0 Å². The summed E-state index contributed by atoms with van der Waals surface area (Å²) in [6.07, 6.45) is 2.45. The van der Waals surface area contributed by atoms with E-state index in [-0.39, 0.29) is 11.8 Å². The van der Waals surface area contributed by atoms with Crippen LogP contribution in [0.2, 0.25) is 0 Å². The molecule has 2 aliphatic rings. The number of aryl methyl sites for hydroxylation is 1. The lowest BCUT2D eigenvalue weighted by molar-refractivity contribution is -0.129. The van der Waals surface area contributed by atoms with E-state index in [0.717, 1.165) is 60.5 Å². The fourth-order valence-corrected chi connectivity index (χ4v) is 4.63. The maximum atomic E-state index is 12.4. The van der Waals surface area contributed by atoms with E-state index < -0.39 is 0 Å². The first kappa shape index (κ1) is 22.6. The average Bonchev–Trinajstić information content (AvgIpc) is 3.63. The summed E-state index contributed by atoms with van der Waals surface area (Å²) >= 11 is 1.58. The monoisotopic (exact) mass is 453 g/mol. The van der Waals surface area contributed by atoms with Crippen LogP contribution in [0.5, 0.6) is 0 Å². The first-order valence-corrected chi connectivity index (χ1v) is 12.2. The van der Waals surface area contributed by atoms with Crippen molar-refractivity contribution in [2.24, 2.45) is 5.92 Å². The molecule has 2 heterocycles. The molecule has 0 spiro atoms. The number of rotatable bonds is 7. The molecule has 7 nitrogen and oxygen atoms in total. The van der Waals surface area contributed by atoms with Crippen molar-refractivity contribution in [3.05, 3.63) is 46.6 Å². The number of hydrogen-bond acceptors (Lipinski definition) is 6. The van der Waals surface area contributed by atoms with Crippen LogP contribution >= 0.6 is 11.8 Å². The van der Waals surface area contributed by atoms with Crippen LogP contribution in [0, 0.1) is 19.8 Å². The minimum absolute atomic E-state index is 0.00169. The van der Waals surface area contributed by atoms with Gasteiger partial charge in [0.1, 0.15) is 5.82 Å². The van der Waals surface area contributed by atoms with Gasteiger partial charge in [-0.25, -0.2) is 9.97 Å². The van der Waals surface area contributed by atoms with Gasteiger partial charge in [0.15, 0.2) is 5.16 Å². The number of anilines is 1. The summed E-state index contributed by atoms with van der Waals surface area (Å²) in [5, 5.41) is 3.77. The summed E-state index contributed by atoms with van der Waals surface area (Å²) in [4.78, 5) is 37.7. The van der Waals surface area contributed by atoms with E-state index >= 15 is 0 Å². The number of thioether (sulfide) groups is 1. The summed E-state index contributed by atoms with van der Waals surface area (Å²) in [5.41, 5.74) is 3.83. The van der Waals surface area contributed by atoms with E-state index in [4.69, 9.17) is 4.98 Å². The number of aromatic nitrogens is 2. The highest BCUT2D eigenvalue weighted by molar-refractivity contribution is 7.98. The fraction of sp³-hybridized carbons (Fsp3) is 0.500. The highest BCUT2D eigenvalue weighted by Crippen LogP contribution is 2.28. The van der Waals surface area contributed by atoms with Gasteiger partial charge in [0, 0.05) is 62.2 Å². The number of hydrogen-bond donors (Lipinski definition) is 1. The van der Waals surface area contributed by atoms with Gasteiger partial charge in [-0.1, -0.05) is 23.9 Å². The van der Waals surface area contributed by atoms with Crippen molar-refractivity contribution in [3.8, 4) is 0 Å². The molecule has 1 saturated carbocycles. The molecule has 32 heavy (non-hydrogen) atoms. The van der Waals surface area contributed by atoms with Crippen LogP contribution in [-0.4, -0.2) is 59.4 Å². The molecule has 1 saturated heterocycles. The SMILES string of the molecule is CC(=O)N1CCN(c2nc(SCc3cccc(C(=O)NCC4CC4)c3)nc(C)c2C)CC1. The second-order valence-corrected chi connectivity index (χ2v) is 9.62. The molecule has 0 unspecified atom stereocenters. The van der Waals surface area contributed by atoms with Gasteiger partial charge in [-0.05, 0) is 50.3 Å². The van der Waals surface area contributed by atoms with E-state index in [1.165, 1.54) is 12.8 Å². The Hall–Kier alpha value is -2.61. The lowest BCUT2D eigenvalue weighted by Crippen LogP contribution is -2.48. The maximum Gasteiger partial charge on any atom is 0.251 e. The minimum Gasteiger partial charge on any atom is -0.353 e. The first-order valence-electron chi connectivity index (χ1n) is 11.3. The van der Waals surface area contributed by atoms with Gasteiger partial charge in [0.25, 0.3) is 5.91 Å². The van der Waals surface area contributed by atoms with E-state index in [9.17, 15) is 9.59 Å². The van der Waals surface area contributed by atoms with Gasteiger partial charge in [0.05, 0.1) is 0 Å². The summed E-state index contributed by atoms with van der Waals surface area (Å²) in [6, 6.07) is 7.79. The topological polar surface area (TPSA) is 78.4 Å². The third-order valence-electron chi connectivity index (χ3n) is 6.17. The Balaban J connectivity index is 1.41. The Labute approximate surface area is 194 Å². The van der Waals surface area contributed by atoms with E-state index in [1.54, 1.807) is 18.7 Å². The van der Waals surface area contributed by atoms with Gasteiger partial charge in [-0.3, -0.25) is 9.59 Å². The quantitative estimate of drug-likeness (QED) is 0.512. The van der Waals surface area contributed by atoms with Crippen molar-refractivity contribution < 1.29 is 9.59 Å². The lowest BCUT2D eigenvalue weighted by Gasteiger charge is -2.35. The summed E-state index contributed by atoms with van der Waals surface area (Å²) in [7, 11) is 0. The predicted octanol–water partition coefficient (Wildman–Crippen LogP) is 3.19. The predicted molar refractivity (Wildman–Crippen MR) is 127 cm³/mol. The molecule has 0 atom stereocenters. The molecule has 2 amide bonds. The molecular weight excluding hydrogens is 422 g/mol. The summed E-state index contributed by atoms with van der Waals surface area (Å²) < 4.78 is 0. The van der Waals surface area contributed by atoms with Crippen molar-refractivity contribution in [2.75, 3.05) is 37.6 Å². The lowest BCUT2D eigenvalue weighted by atomic mass is 10.1. The Bertz CT molecular complexity index is 1000. The molecule has 0 bridgehead atoms. The fourth-order valence-electron chi connectivity index (χ4n) is 3.81. The smallest absolute Gasteiger partial charge is 0.251 e. The molecule has 1 aromatic heterocycles. The largest absolute Gasteiger partial charge is 0.353 e. The second kappa shape index (κ2) is 9.90. The van der Waals surface area contributed by atoms with E-state index in [2.05, 4.69) is 22.1 Å². The van der Waals surface area contributed by atoms with Gasteiger partial charge in [-0.15, -0.1) is 0 Å². The van der Waals surface area contributed by atoms with Crippen molar-refractivity contribution >= 4 is 29.4 Å². The molecule has 2 aromatic rings. The van der Waals surface area contributed by atoms with Crippen LogP contribution in [-0.2, 0) is 10.5 Å². The Morgan fingerprint density at radius 2 is 1.88 bits per heavy atom. The minimum atomic E-state index is -0.00169. The number of piperazine rings is 1. The van der Waals surface area contributed by atoms with Crippen LogP contribution in [0.1, 0.15) is 46.9 Å². The Morgan fingerprint density at radius 3 is 2.56 bits per heavy atom. The Morgan fingerprint density at radius 1 is 1.12 bits per heavy atom. The molecule has 1 aliphatic heterocycles. The van der Waals surface area contributed by atoms with E-state index in [1.807, 2.05) is 36.1 Å². The number of carbonyl (C=O) groups excluding carboxylic acids is 2. The van der Waals surface area contributed by atoms with E-state index in [0.29, 0.717) is 17.2 Å². The number of benzene rings is 1. The van der Waals surface area contributed by atoms with Crippen LogP contribution < -0.4 is 10.2 Å². The number of amides is 2. The molecule has 1 aliphatic carbocycles. The zero-order valence-electron chi connectivity index (χ0n) is 19.1. The van der Waals surface area contributed by atoms with Crippen molar-refractivity contribution in [3.63, 3.8) is 0 Å². The van der Waals surface area contributed by atoms with Crippen molar-refractivity contribution in [1.82, 2.24) is 20.2 Å². The molecule has 2 fully saturated rings. The van der Waals surface area contributed by atoms with Crippen LogP contribution in [0.3, 0.4) is 0 Å². The van der Waals surface area contributed by atoms with Gasteiger partial charge < -0.3 is 15.1 Å². The standard InChI is InChI=1S/C24H31N5O2S/c1-16-17(2)26-24(27-22(16)29-11-9-28(10-12-29)18(3)30)32-15-20-5-4-6-21(13-20)23(31)25-14-19-7-8-19/h4-6,13,19H,7-12,14-15H2,1-3H3,(H,25,31). The second-order valence-electron chi connectivity index (χ2n) is 8.68. The molecule has 0 radical (unpaired) electrons. The molecule has 1 N–H and O–H groups in total. The first-order chi connectivity index (χ1) is 15.4. The zero-order valence-corrected chi connectivity index (χ0v) is 19.9. The molecule has 1 aromatic carbocycles. The number of nitrogens with zero attached hydrogens (tertiary/aromatic N) is 4. The van der Waals surface area contributed by atoms with Crippen molar-refractivity contribution in [1.29, 1.82) is 0 Å². The number of carbonyl (C=O) groups is 2. The highest BCUT2D eigenvalue weighted by Gasteiger charge is 2.23. The van der Waals surface area contributed by atoms with Crippen molar-refractivity contribution in [2.45, 2.75) is 44.5 Å². The summed E-state index contributed by atoms with van der Waals surface area (Å²) in [5.74, 6) is 2.44. The van der Waals surface area contributed by atoms with Crippen LogP contribution in [0.4, 0.5) is 5.82 Å². The van der Waals surface area contributed by atoms with Crippen LogP contribution in [0.15, 0.2) is 29.4 Å². The molecule has 8 heteroatoms. The molecule has 170 valence electrons. The third kappa shape index (κ3) is 5.59. The number of nitrogens with one attached hydrogen (secondary N) is 1. The zero-order chi connectivity index (χ0) is 22.7. The Kier molecular flexibility index (Phi) is 6.98. The third-order valence-corrected chi connectivity index (χ3v) is 7.09. The van der Waals surface area contributed by atoms with Gasteiger partial charge in [0.2, 0.25) is 5.91 Å². The highest BCUT2D eigenvalue weighted by atomic mass is 32.2. The van der Waals surface area contributed by atoms with Gasteiger partial charge >= 0.3 is 0 Å².